The van der Waals surface area contributed by atoms with Crippen LogP contribution in [0.4, 0.5) is 0 Å². The van der Waals surface area contributed by atoms with E-state index in [0.717, 1.165) is 6.54 Å². The monoisotopic (exact) mass is 221 g/mol. The zero-order valence-electron chi connectivity index (χ0n) is 11.7. The van der Waals surface area contributed by atoms with Crippen LogP contribution in [0.1, 0.15) is 57.4 Å². The largest absolute Gasteiger partial charge is 0.310 e. The van der Waals surface area contributed by atoms with E-state index in [1.165, 1.54) is 23.1 Å². The third-order valence-corrected chi connectivity index (χ3v) is 2.61. The molecule has 0 aliphatic carbocycles. The van der Waals surface area contributed by atoms with Crippen molar-refractivity contribution in [2.24, 2.45) is 0 Å². The average molecular weight is 221 g/mol. The van der Waals surface area contributed by atoms with Gasteiger partial charge in [0.1, 0.15) is 0 Å². The molecule has 1 aliphatic heterocycles. The van der Waals surface area contributed by atoms with Gasteiger partial charge in [0, 0.05) is 6.04 Å². The van der Waals surface area contributed by atoms with E-state index in [9.17, 15) is 0 Å². The summed E-state index contributed by atoms with van der Waals surface area (Å²) >= 11 is 0. The Kier molecular flexibility index (Phi) is 7.92. The van der Waals surface area contributed by atoms with Gasteiger partial charge in [0.15, 0.2) is 0 Å². The van der Waals surface area contributed by atoms with E-state index in [2.05, 4.69) is 37.4 Å². The number of hydrogen-bond donors (Lipinski definition) is 1. The second-order valence-corrected chi connectivity index (χ2v) is 3.63. The predicted molar refractivity (Wildman–Crippen MR) is 74.0 cm³/mol. The van der Waals surface area contributed by atoms with Crippen molar-refractivity contribution in [3.05, 3.63) is 34.9 Å². The zero-order valence-corrected chi connectivity index (χ0v) is 11.7. The molecule has 1 unspecified atom stereocenters. The lowest BCUT2D eigenvalue weighted by atomic mass is 9.94. The molecule has 0 saturated heterocycles. The van der Waals surface area contributed by atoms with Crippen molar-refractivity contribution in [3.8, 4) is 0 Å². The predicted octanol–water partition coefficient (Wildman–Crippen LogP) is 4.25. The Morgan fingerprint density at radius 1 is 1.12 bits per heavy atom. The fourth-order valence-electron chi connectivity index (χ4n) is 1.88. The van der Waals surface area contributed by atoms with Crippen molar-refractivity contribution in [2.75, 3.05) is 6.54 Å². The molecular formula is C15H27N. The smallest absolute Gasteiger partial charge is 0.0294 e. The molecule has 0 fully saturated rings. The molecule has 0 radical (unpaired) electrons. The van der Waals surface area contributed by atoms with Crippen LogP contribution < -0.4 is 5.32 Å². The van der Waals surface area contributed by atoms with Gasteiger partial charge >= 0.3 is 0 Å². The van der Waals surface area contributed by atoms with Crippen LogP contribution in [0, 0.1) is 6.92 Å². The van der Waals surface area contributed by atoms with Gasteiger partial charge in [0.05, 0.1) is 0 Å². The lowest BCUT2D eigenvalue weighted by molar-refractivity contribution is 0.540. The van der Waals surface area contributed by atoms with E-state index in [4.69, 9.17) is 0 Å². The number of benzene rings is 1. The highest BCUT2D eigenvalue weighted by atomic mass is 14.9. The highest BCUT2D eigenvalue weighted by Gasteiger charge is 2.14. The van der Waals surface area contributed by atoms with Crippen LogP contribution in [0.5, 0.6) is 0 Å². The van der Waals surface area contributed by atoms with Gasteiger partial charge in [0.25, 0.3) is 0 Å². The molecule has 1 heteroatoms. The normalized spacial score (nSPS) is 17.2. The van der Waals surface area contributed by atoms with E-state index in [1.54, 1.807) is 0 Å². The molecule has 1 atom stereocenters. The Hall–Kier alpha value is -0.820. The van der Waals surface area contributed by atoms with Crippen molar-refractivity contribution < 1.29 is 0 Å². The molecule has 1 N–H and O–H groups in total. The fraction of sp³-hybridized carbons (Fsp3) is 0.600. The average Bonchev–Trinajstić information content (AvgIpc) is 2.35. The summed E-state index contributed by atoms with van der Waals surface area (Å²) in [5.41, 5.74) is 4.37. The topological polar surface area (TPSA) is 12.0 Å². The molecule has 2 rings (SSSR count). The summed E-state index contributed by atoms with van der Waals surface area (Å²) in [7, 11) is 0. The molecular weight excluding hydrogens is 194 g/mol. The Balaban J connectivity index is 0.000000509. The molecule has 0 amide bonds. The van der Waals surface area contributed by atoms with E-state index in [1.807, 2.05) is 27.7 Å². The molecule has 0 bridgehead atoms. The highest BCUT2D eigenvalue weighted by Crippen LogP contribution is 2.22. The Morgan fingerprint density at radius 2 is 1.75 bits per heavy atom. The number of hydrogen-bond acceptors (Lipinski definition) is 1. The second-order valence-electron chi connectivity index (χ2n) is 3.63. The van der Waals surface area contributed by atoms with E-state index >= 15 is 0 Å². The first-order valence-corrected chi connectivity index (χ1v) is 6.60. The van der Waals surface area contributed by atoms with Gasteiger partial charge in [-0.3, -0.25) is 0 Å². The SMILES string of the molecule is CC.CC.Cc1ccc2c(c1)C(C)NCC2. The number of fused-ring (bicyclic) bond motifs is 1. The first kappa shape index (κ1) is 15.2. The summed E-state index contributed by atoms with van der Waals surface area (Å²) in [6.07, 6.45) is 1.18. The van der Waals surface area contributed by atoms with Gasteiger partial charge in [-0.2, -0.15) is 0 Å². The lowest BCUT2D eigenvalue weighted by Gasteiger charge is -2.24. The Bertz CT molecular complexity index is 291. The minimum atomic E-state index is 0.536. The molecule has 1 aromatic carbocycles. The molecule has 1 heterocycles. The van der Waals surface area contributed by atoms with Crippen LogP contribution in [-0.2, 0) is 6.42 Å². The molecule has 92 valence electrons. The molecule has 16 heavy (non-hydrogen) atoms. The van der Waals surface area contributed by atoms with Gasteiger partial charge < -0.3 is 5.32 Å². The molecule has 0 aromatic heterocycles. The third kappa shape index (κ3) is 3.97. The molecule has 1 aromatic rings. The number of nitrogens with one attached hydrogen (secondary N) is 1. The van der Waals surface area contributed by atoms with Crippen molar-refractivity contribution >= 4 is 0 Å². The van der Waals surface area contributed by atoms with Crippen molar-refractivity contribution in [2.45, 2.75) is 54.0 Å². The summed E-state index contributed by atoms with van der Waals surface area (Å²) in [5, 5.41) is 3.47. The lowest BCUT2D eigenvalue weighted by Crippen LogP contribution is -2.27. The Labute approximate surface area is 101 Å². The van der Waals surface area contributed by atoms with Crippen molar-refractivity contribution in [3.63, 3.8) is 0 Å². The van der Waals surface area contributed by atoms with E-state index in [0.29, 0.717) is 6.04 Å². The van der Waals surface area contributed by atoms with Crippen molar-refractivity contribution in [1.29, 1.82) is 0 Å². The van der Waals surface area contributed by atoms with Gasteiger partial charge in [-0.15, -0.1) is 0 Å². The van der Waals surface area contributed by atoms with Crippen molar-refractivity contribution in [1.82, 2.24) is 5.32 Å². The molecule has 1 aliphatic rings. The van der Waals surface area contributed by atoms with Gasteiger partial charge in [0.2, 0.25) is 0 Å². The standard InChI is InChI=1S/C11H15N.2C2H6/c1-8-3-4-10-5-6-12-9(2)11(10)7-8;2*1-2/h3-4,7,9,12H,5-6H2,1-2H3;2*1-2H3. The maximum absolute atomic E-state index is 3.47. The highest BCUT2D eigenvalue weighted by molar-refractivity contribution is 5.35. The summed E-state index contributed by atoms with van der Waals surface area (Å²) in [6, 6.07) is 7.30. The summed E-state index contributed by atoms with van der Waals surface area (Å²) in [4.78, 5) is 0. The third-order valence-electron chi connectivity index (χ3n) is 2.61. The zero-order chi connectivity index (χ0) is 12.6. The van der Waals surface area contributed by atoms with Gasteiger partial charge in [-0.05, 0) is 37.9 Å². The first-order valence-electron chi connectivity index (χ1n) is 6.60. The van der Waals surface area contributed by atoms with Crippen LogP contribution in [-0.4, -0.2) is 6.54 Å². The van der Waals surface area contributed by atoms with Gasteiger partial charge in [-0.25, -0.2) is 0 Å². The second kappa shape index (κ2) is 8.35. The van der Waals surface area contributed by atoms with E-state index in [-0.39, 0.29) is 0 Å². The fourth-order valence-corrected chi connectivity index (χ4v) is 1.88. The van der Waals surface area contributed by atoms with Gasteiger partial charge in [-0.1, -0.05) is 51.5 Å². The number of rotatable bonds is 0. The molecule has 0 saturated carbocycles. The summed E-state index contributed by atoms with van der Waals surface area (Å²) in [5.74, 6) is 0. The van der Waals surface area contributed by atoms with E-state index < -0.39 is 0 Å². The van der Waals surface area contributed by atoms with Crippen LogP contribution in [0.3, 0.4) is 0 Å². The number of aryl methyl sites for hydroxylation is 1. The summed E-state index contributed by atoms with van der Waals surface area (Å²) < 4.78 is 0. The quantitative estimate of drug-likeness (QED) is 0.690. The minimum absolute atomic E-state index is 0.536. The van der Waals surface area contributed by atoms with Crippen LogP contribution in [0.25, 0.3) is 0 Å². The minimum Gasteiger partial charge on any atom is -0.310 e. The van der Waals surface area contributed by atoms with Crippen LogP contribution in [0.15, 0.2) is 18.2 Å². The maximum atomic E-state index is 3.47. The van der Waals surface area contributed by atoms with Crippen LogP contribution >= 0.6 is 0 Å². The molecule has 0 spiro atoms. The maximum Gasteiger partial charge on any atom is 0.0294 e. The first-order chi connectivity index (χ1) is 7.77. The summed E-state index contributed by atoms with van der Waals surface area (Å²) in [6.45, 7) is 13.5. The van der Waals surface area contributed by atoms with Crippen LogP contribution in [0.2, 0.25) is 0 Å². The molecule has 1 nitrogen and oxygen atoms in total. The Morgan fingerprint density at radius 3 is 2.38 bits per heavy atom.